The average Bonchev–Trinajstić information content (AvgIpc) is 3.32. The van der Waals surface area contributed by atoms with E-state index in [1.165, 1.54) is 0 Å². The Morgan fingerprint density at radius 1 is 1.08 bits per heavy atom. The number of nitrogens with one attached hydrogen (secondary N) is 1. The number of hydrogen-bond donors (Lipinski definition) is 3. The minimum Gasteiger partial charge on any atom is -0.384 e. The Bertz CT molecular complexity index is 1370. The molecular weight excluding hydrogens is 464 g/mol. The molecule has 1 aromatic carbocycles. The molecule has 4 aromatic rings. The molecule has 0 bridgehead atoms. The van der Waals surface area contributed by atoms with Crippen LogP contribution >= 0.6 is 0 Å². The fourth-order valence-electron chi connectivity index (χ4n) is 4.70. The van der Waals surface area contributed by atoms with Crippen molar-refractivity contribution in [3.63, 3.8) is 0 Å². The third-order valence-electron chi connectivity index (χ3n) is 6.95. The molecule has 9 heteroatoms. The number of aliphatic hydroxyl groups is 1. The first kappa shape index (κ1) is 25.1. The first-order valence-electron chi connectivity index (χ1n) is 13.0. The Balaban J connectivity index is 1.46. The van der Waals surface area contributed by atoms with Gasteiger partial charge in [0.2, 0.25) is 5.95 Å². The minimum atomic E-state index is -0.978. The Hall–Kier alpha value is -3.56. The van der Waals surface area contributed by atoms with E-state index in [4.69, 9.17) is 15.7 Å². The van der Waals surface area contributed by atoms with Gasteiger partial charge in [-0.2, -0.15) is 9.97 Å². The number of benzene rings is 1. The van der Waals surface area contributed by atoms with Gasteiger partial charge in [-0.3, -0.25) is 4.98 Å². The lowest BCUT2D eigenvalue weighted by Gasteiger charge is -2.30. The lowest BCUT2D eigenvalue weighted by molar-refractivity contribution is 0.0739. The second-order valence-electron chi connectivity index (χ2n) is 10.6. The molecule has 1 aliphatic rings. The van der Waals surface area contributed by atoms with E-state index < -0.39 is 5.60 Å². The SMILES string of the molecule is CC(C)n1cnc2c(NCc3ccccc3-c3ccc(C(C)(C)O)nc3)nc(N3CCC(N)CC3)nc21. The standard InChI is InChI=1S/C28H36N8O/c1-18(2)36-17-32-24-25(33-27(34-26(24)36)35-13-11-21(29)12-14-35)31-16-19-7-5-6-8-22(19)20-9-10-23(30-15-20)28(3,4)37/h5-10,15,17-18,21,37H,11-14,16,29H2,1-4H3,(H,31,33,34). The number of imidazole rings is 1. The summed E-state index contributed by atoms with van der Waals surface area (Å²) >= 11 is 0. The van der Waals surface area contributed by atoms with Crippen molar-refractivity contribution >= 4 is 22.9 Å². The molecular formula is C28H36N8O. The third kappa shape index (κ3) is 5.28. The highest BCUT2D eigenvalue weighted by Gasteiger charge is 2.22. The first-order chi connectivity index (χ1) is 17.7. The maximum absolute atomic E-state index is 10.3. The summed E-state index contributed by atoms with van der Waals surface area (Å²) in [6.07, 6.45) is 5.52. The summed E-state index contributed by atoms with van der Waals surface area (Å²) in [5.41, 5.74) is 10.6. The number of nitrogens with two attached hydrogens (primary N) is 1. The van der Waals surface area contributed by atoms with Gasteiger partial charge in [-0.05, 0) is 57.7 Å². The zero-order valence-corrected chi connectivity index (χ0v) is 22.0. The van der Waals surface area contributed by atoms with Crippen LogP contribution in [0.5, 0.6) is 0 Å². The van der Waals surface area contributed by atoms with Crippen molar-refractivity contribution in [3.05, 3.63) is 60.2 Å². The van der Waals surface area contributed by atoms with Gasteiger partial charge >= 0.3 is 0 Å². The molecule has 194 valence electrons. The van der Waals surface area contributed by atoms with Crippen LogP contribution in [0.25, 0.3) is 22.3 Å². The van der Waals surface area contributed by atoms with E-state index in [1.54, 1.807) is 13.8 Å². The van der Waals surface area contributed by atoms with E-state index in [1.807, 2.05) is 36.8 Å². The summed E-state index contributed by atoms with van der Waals surface area (Å²) in [6.45, 7) is 9.99. The molecule has 0 atom stereocenters. The van der Waals surface area contributed by atoms with Crippen LogP contribution in [0.2, 0.25) is 0 Å². The van der Waals surface area contributed by atoms with Crippen molar-refractivity contribution in [2.45, 2.75) is 64.8 Å². The summed E-state index contributed by atoms with van der Waals surface area (Å²) < 4.78 is 2.09. The molecule has 0 amide bonds. The quantitative estimate of drug-likeness (QED) is 0.345. The Labute approximate surface area is 217 Å². The predicted molar refractivity (Wildman–Crippen MR) is 147 cm³/mol. The van der Waals surface area contributed by atoms with Crippen molar-refractivity contribution in [3.8, 4) is 11.1 Å². The average molecular weight is 501 g/mol. The zero-order valence-electron chi connectivity index (χ0n) is 22.0. The van der Waals surface area contributed by atoms with Gasteiger partial charge < -0.3 is 25.6 Å². The van der Waals surface area contributed by atoms with Crippen LogP contribution in [0.3, 0.4) is 0 Å². The number of pyridine rings is 1. The molecule has 5 rings (SSSR count). The van der Waals surface area contributed by atoms with Crippen LogP contribution in [-0.2, 0) is 12.1 Å². The van der Waals surface area contributed by atoms with Crippen LogP contribution in [0.4, 0.5) is 11.8 Å². The van der Waals surface area contributed by atoms with Crippen LogP contribution < -0.4 is 16.0 Å². The van der Waals surface area contributed by atoms with Crippen molar-refractivity contribution in [1.29, 1.82) is 0 Å². The minimum absolute atomic E-state index is 0.232. The van der Waals surface area contributed by atoms with E-state index in [0.29, 0.717) is 18.2 Å². The number of nitrogens with zero attached hydrogens (tertiary/aromatic N) is 6. The summed E-state index contributed by atoms with van der Waals surface area (Å²) in [5, 5.41) is 13.8. The molecule has 0 aliphatic carbocycles. The molecule has 0 spiro atoms. The predicted octanol–water partition coefficient (Wildman–Crippen LogP) is 4.24. The summed E-state index contributed by atoms with van der Waals surface area (Å²) in [7, 11) is 0. The molecule has 1 fully saturated rings. The van der Waals surface area contributed by atoms with Crippen molar-refractivity contribution in [1.82, 2.24) is 24.5 Å². The number of piperidine rings is 1. The molecule has 0 unspecified atom stereocenters. The fourth-order valence-corrected chi connectivity index (χ4v) is 4.70. The third-order valence-corrected chi connectivity index (χ3v) is 6.95. The van der Waals surface area contributed by atoms with Gasteiger partial charge in [0.15, 0.2) is 17.0 Å². The Morgan fingerprint density at radius 3 is 2.51 bits per heavy atom. The Morgan fingerprint density at radius 2 is 1.84 bits per heavy atom. The molecule has 1 aliphatic heterocycles. The van der Waals surface area contributed by atoms with Crippen molar-refractivity contribution in [2.24, 2.45) is 5.73 Å². The number of aromatic nitrogens is 5. The van der Waals surface area contributed by atoms with Gasteiger partial charge in [-0.15, -0.1) is 0 Å². The van der Waals surface area contributed by atoms with Crippen molar-refractivity contribution in [2.75, 3.05) is 23.3 Å². The largest absolute Gasteiger partial charge is 0.384 e. The zero-order chi connectivity index (χ0) is 26.2. The van der Waals surface area contributed by atoms with Gasteiger partial charge in [-0.1, -0.05) is 30.3 Å². The maximum Gasteiger partial charge on any atom is 0.229 e. The number of fused-ring (bicyclic) bond motifs is 1. The van der Waals surface area contributed by atoms with Gasteiger partial charge in [0.05, 0.1) is 12.0 Å². The van der Waals surface area contributed by atoms with E-state index in [2.05, 4.69) is 50.7 Å². The lowest BCUT2D eigenvalue weighted by atomic mass is 9.99. The molecule has 37 heavy (non-hydrogen) atoms. The molecule has 4 N–H and O–H groups in total. The highest BCUT2D eigenvalue weighted by Crippen LogP contribution is 2.29. The lowest BCUT2D eigenvalue weighted by Crippen LogP contribution is -2.40. The van der Waals surface area contributed by atoms with E-state index in [-0.39, 0.29) is 12.1 Å². The highest BCUT2D eigenvalue weighted by atomic mass is 16.3. The molecule has 1 saturated heterocycles. The summed E-state index contributed by atoms with van der Waals surface area (Å²) in [5.74, 6) is 1.43. The van der Waals surface area contributed by atoms with Gasteiger partial charge in [0, 0.05) is 43.5 Å². The van der Waals surface area contributed by atoms with Crippen LogP contribution in [0.15, 0.2) is 48.9 Å². The van der Waals surface area contributed by atoms with Crippen molar-refractivity contribution < 1.29 is 5.11 Å². The molecule has 0 radical (unpaired) electrons. The van der Waals surface area contributed by atoms with Gasteiger partial charge in [0.1, 0.15) is 5.60 Å². The molecule has 4 heterocycles. The van der Waals surface area contributed by atoms with Crippen LogP contribution in [0, 0.1) is 0 Å². The van der Waals surface area contributed by atoms with E-state index in [9.17, 15) is 5.11 Å². The highest BCUT2D eigenvalue weighted by molar-refractivity contribution is 5.84. The molecule has 9 nitrogen and oxygen atoms in total. The topological polar surface area (TPSA) is 118 Å². The summed E-state index contributed by atoms with van der Waals surface area (Å²) in [6, 6.07) is 12.6. The first-order valence-corrected chi connectivity index (χ1v) is 13.0. The maximum atomic E-state index is 10.3. The monoisotopic (exact) mass is 500 g/mol. The van der Waals surface area contributed by atoms with Gasteiger partial charge in [-0.25, -0.2) is 4.98 Å². The smallest absolute Gasteiger partial charge is 0.229 e. The van der Waals surface area contributed by atoms with Crippen LogP contribution in [-0.4, -0.2) is 48.7 Å². The number of anilines is 2. The molecule has 3 aromatic heterocycles. The number of rotatable bonds is 7. The number of hydrogen-bond acceptors (Lipinski definition) is 8. The van der Waals surface area contributed by atoms with Crippen LogP contribution in [0.1, 0.15) is 57.8 Å². The second-order valence-corrected chi connectivity index (χ2v) is 10.6. The fraction of sp³-hybridized carbons (Fsp3) is 0.429. The van der Waals surface area contributed by atoms with Gasteiger partial charge in [0.25, 0.3) is 0 Å². The normalized spacial score (nSPS) is 15.1. The second kappa shape index (κ2) is 10.1. The Kier molecular flexibility index (Phi) is 6.83. The summed E-state index contributed by atoms with van der Waals surface area (Å²) in [4.78, 5) is 21.2. The molecule has 0 saturated carbocycles. The van der Waals surface area contributed by atoms with E-state index >= 15 is 0 Å². The van der Waals surface area contributed by atoms with E-state index in [0.717, 1.165) is 59.6 Å².